The molecule has 1 heterocycles. The van der Waals surface area contributed by atoms with Crippen LogP contribution in [0.4, 0.5) is 5.69 Å². The summed E-state index contributed by atoms with van der Waals surface area (Å²) >= 11 is 0. The molecule has 0 saturated heterocycles. The molecule has 274 valence electrons. The van der Waals surface area contributed by atoms with Crippen molar-refractivity contribution in [2.45, 2.75) is 109 Å². The van der Waals surface area contributed by atoms with Gasteiger partial charge in [0.25, 0.3) is 10.1 Å². The van der Waals surface area contributed by atoms with E-state index < -0.39 is 25.0 Å². The number of anilines is 1. The van der Waals surface area contributed by atoms with Gasteiger partial charge in [0, 0.05) is 59.5 Å². The van der Waals surface area contributed by atoms with Gasteiger partial charge in [-0.2, -0.15) is 8.42 Å². The monoisotopic (exact) mass is 726 g/mol. The molecule has 1 aliphatic heterocycles. The van der Waals surface area contributed by atoms with E-state index in [4.69, 9.17) is 4.42 Å². The zero-order valence-corrected chi connectivity index (χ0v) is 32.1. The summed E-state index contributed by atoms with van der Waals surface area (Å²) in [5.74, 6) is 0.546. The van der Waals surface area contributed by atoms with Crippen molar-refractivity contribution in [2.24, 2.45) is 0 Å². The van der Waals surface area contributed by atoms with Crippen LogP contribution in [-0.2, 0) is 20.1 Å². The Morgan fingerprint density at radius 2 is 1.34 bits per heavy atom. The van der Waals surface area contributed by atoms with Crippen LogP contribution >= 0.6 is 0 Å². The first-order valence-corrected chi connectivity index (χ1v) is 21.4. The summed E-state index contributed by atoms with van der Waals surface area (Å²) in [5, 5.41) is 1.60. The third-order valence-electron chi connectivity index (χ3n) is 9.58. The maximum Gasteiger partial charge on any atom is 0.295 e. The van der Waals surface area contributed by atoms with Crippen LogP contribution in [0.5, 0.6) is 0 Å². The second kappa shape index (κ2) is 18.3. The highest BCUT2D eigenvalue weighted by Crippen LogP contribution is 2.43. The van der Waals surface area contributed by atoms with Crippen LogP contribution in [0.1, 0.15) is 98.8 Å². The topological polar surface area (TPSA) is 120 Å². The Morgan fingerprint density at radius 3 is 1.94 bits per heavy atom. The zero-order valence-electron chi connectivity index (χ0n) is 30.5. The molecular weight excluding hydrogens is 671 g/mol. The Labute approximate surface area is 299 Å². The van der Waals surface area contributed by atoms with E-state index in [-0.39, 0.29) is 17.0 Å². The van der Waals surface area contributed by atoms with E-state index in [1.54, 1.807) is 0 Å². The lowest BCUT2D eigenvalue weighted by atomic mass is 9.93. The van der Waals surface area contributed by atoms with E-state index in [2.05, 4.69) is 48.8 Å². The summed E-state index contributed by atoms with van der Waals surface area (Å²) in [7, 11) is -8.88. The molecule has 1 aliphatic carbocycles. The summed E-state index contributed by atoms with van der Waals surface area (Å²) in [4.78, 5) is 1.49. The average Bonchev–Trinajstić information content (AvgIpc) is 3.10. The lowest BCUT2D eigenvalue weighted by molar-refractivity contribution is 0.483. The molecule has 0 saturated carbocycles. The number of benzene rings is 3. The molecule has 4 rings (SSSR count). The smallest absolute Gasteiger partial charge is 0.295 e. The number of rotatable bonds is 20. The third kappa shape index (κ3) is 9.75. The van der Waals surface area contributed by atoms with Gasteiger partial charge in [0.2, 0.25) is 15.4 Å². The van der Waals surface area contributed by atoms with E-state index in [1.807, 2.05) is 36.4 Å². The molecule has 0 spiro atoms. The summed E-state index contributed by atoms with van der Waals surface area (Å²) in [6.07, 6.45) is 11.3. The van der Waals surface area contributed by atoms with Gasteiger partial charge in [-0.25, -0.2) is 17.7 Å². The van der Waals surface area contributed by atoms with Gasteiger partial charge in [-0.05, 0) is 64.4 Å². The number of fused-ring (bicyclic) bond motifs is 2. The minimum absolute atomic E-state index is 0.193. The molecule has 9 nitrogen and oxygen atoms in total. The molecule has 0 bridgehead atoms. The fraction of sp³-hybridized carbons (Fsp3) is 0.513. The van der Waals surface area contributed by atoms with E-state index in [0.717, 1.165) is 62.6 Å². The second-order valence-electron chi connectivity index (χ2n) is 12.9. The van der Waals surface area contributed by atoms with E-state index in [9.17, 15) is 21.4 Å². The lowest BCUT2D eigenvalue weighted by Gasteiger charge is -2.22. The molecule has 0 fully saturated rings. The number of sulfonamides is 1. The maximum atomic E-state index is 13.3. The van der Waals surface area contributed by atoms with E-state index in [1.165, 1.54) is 50.7 Å². The quantitative estimate of drug-likeness (QED) is 0.0407. The second-order valence-corrected chi connectivity index (χ2v) is 16.1. The van der Waals surface area contributed by atoms with E-state index in [0.29, 0.717) is 34.3 Å². The summed E-state index contributed by atoms with van der Waals surface area (Å²) in [5.41, 5.74) is 2.88. The molecule has 11 heteroatoms. The van der Waals surface area contributed by atoms with E-state index >= 15 is 0 Å². The maximum absolute atomic E-state index is 13.3. The summed E-state index contributed by atoms with van der Waals surface area (Å²) < 4.78 is 74.5. The highest BCUT2D eigenvalue weighted by Gasteiger charge is 2.27. The fourth-order valence-electron chi connectivity index (χ4n) is 6.72. The Bertz CT molecular complexity index is 1980. The predicted octanol–water partition coefficient (Wildman–Crippen LogP) is 8.31. The van der Waals surface area contributed by atoms with Gasteiger partial charge in [-0.3, -0.25) is 4.55 Å². The molecule has 2 aromatic rings. The molecule has 2 aliphatic rings. The van der Waals surface area contributed by atoms with Crippen LogP contribution in [0.2, 0.25) is 0 Å². The number of unbranched alkanes of at least 4 members (excludes halogenated alkanes) is 9. The largest absolute Gasteiger partial charge is 0.456 e. The molecule has 0 aromatic heterocycles. The highest BCUT2D eigenvalue weighted by molar-refractivity contribution is 7.89. The van der Waals surface area contributed by atoms with Crippen molar-refractivity contribution in [3.8, 4) is 22.5 Å². The van der Waals surface area contributed by atoms with Gasteiger partial charge >= 0.3 is 0 Å². The zero-order chi connectivity index (χ0) is 36.3. The van der Waals surface area contributed by atoms with Crippen LogP contribution < -0.4 is 19.6 Å². The van der Waals surface area contributed by atoms with Crippen molar-refractivity contribution in [2.75, 3.05) is 37.6 Å². The molecule has 0 radical (unpaired) electrons. The van der Waals surface area contributed by atoms with Gasteiger partial charge in [0.05, 0.1) is 11.0 Å². The first-order valence-electron chi connectivity index (χ1n) is 18.4. The van der Waals surface area contributed by atoms with Crippen LogP contribution in [0.3, 0.4) is 0 Å². The summed E-state index contributed by atoms with van der Waals surface area (Å²) in [6.45, 7) is 14.0. The van der Waals surface area contributed by atoms with Crippen molar-refractivity contribution < 1.29 is 25.8 Å². The van der Waals surface area contributed by atoms with Gasteiger partial charge in [0.1, 0.15) is 29.3 Å². The van der Waals surface area contributed by atoms with Crippen molar-refractivity contribution >= 4 is 36.8 Å². The van der Waals surface area contributed by atoms with Gasteiger partial charge in [-0.15, -0.1) is 0 Å². The van der Waals surface area contributed by atoms with Crippen LogP contribution in [0, 0.1) is 0 Å². The molecule has 2 N–H and O–H groups in total. The number of nitrogens with zero attached hydrogens (tertiary/aromatic N) is 2. The summed E-state index contributed by atoms with van der Waals surface area (Å²) in [6, 6.07) is 15.5. The van der Waals surface area contributed by atoms with Crippen molar-refractivity contribution in [1.82, 2.24) is 9.30 Å². The van der Waals surface area contributed by atoms with Gasteiger partial charge in [-0.1, -0.05) is 70.8 Å². The number of hydrogen-bond acceptors (Lipinski definition) is 6. The molecule has 0 amide bonds. The Morgan fingerprint density at radius 1 is 0.720 bits per heavy atom. The molecule has 0 atom stereocenters. The van der Waals surface area contributed by atoms with Crippen molar-refractivity contribution in [3.05, 3.63) is 60.0 Å². The molecule has 50 heavy (non-hydrogen) atoms. The number of hydrogen-bond donors (Lipinski definition) is 2. The van der Waals surface area contributed by atoms with Crippen LogP contribution in [0.15, 0.2) is 68.8 Å². The number of nitrogens with one attached hydrogen (secondary N) is 1. The first-order chi connectivity index (χ1) is 24.0. The molecular formula is C39H56N3O6S2+. The Kier molecular flexibility index (Phi) is 14.5. The Balaban J connectivity index is 1.71. The lowest BCUT2D eigenvalue weighted by Crippen LogP contribution is -2.29. The van der Waals surface area contributed by atoms with Crippen molar-refractivity contribution in [1.29, 1.82) is 0 Å². The minimum atomic E-state index is -4.85. The third-order valence-corrected chi connectivity index (χ3v) is 11.9. The Hall–Kier alpha value is -3.25. The standard InChI is InChI=1S/C39H55N3O6S2/c1-6-11-12-13-14-15-16-17-18-19-26-40-49(43,44)32-22-25-35(38(29-32)50(45,46)47)39-33-23-20-30(41(7-2)8-3)27-36(33)48-37-28-31(21-24-34(37)39)42(9-4)10-5/h20-25,27-29,40H,6-19,26H2,1-5H3/p+1. The molecule has 0 unspecified atom stereocenters. The SMILES string of the molecule is CCCCCCCCCCCCNS(=O)(=O)c1ccc(-c2c3ccc(=[N+](CC)CC)cc-3oc3cc(N(CC)CC)ccc23)c(S(=O)(=O)O)c1. The highest BCUT2D eigenvalue weighted by atomic mass is 32.2. The predicted molar refractivity (Wildman–Crippen MR) is 205 cm³/mol. The normalized spacial score (nSPS) is 12.2. The van der Waals surface area contributed by atoms with Crippen molar-refractivity contribution in [3.63, 3.8) is 0 Å². The van der Waals surface area contributed by atoms with Gasteiger partial charge in [0.15, 0.2) is 0 Å². The minimum Gasteiger partial charge on any atom is -0.456 e. The van der Waals surface area contributed by atoms with Gasteiger partial charge < -0.3 is 9.32 Å². The molecule has 2 aromatic carbocycles. The van der Waals surface area contributed by atoms with Crippen LogP contribution in [0.25, 0.3) is 33.4 Å². The average molecular weight is 727 g/mol. The first kappa shape index (κ1) is 39.5. The van der Waals surface area contributed by atoms with Crippen LogP contribution in [-0.4, -0.2) is 54.1 Å². The fourth-order valence-corrected chi connectivity index (χ4v) is 8.62.